The zero-order valence-corrected chi connectivity index (χ0v) is 7.09. The van der Waals surface area contributed by atoms with Gasteiger partial charge in [-0.3, -0.25) is 0 Å². The number of rotatable bonds is 1. The van der Waals surface area contributed by atoms with Crippen LogP contribution in [0.25, 0.3) is 0 Å². The molecule has 0 saturated carbocycles. The van der Waals surface area contributed by atoms with Gasteiger partial charge in [-0.05, 0) is 24.3 Å². The van der Waals surface area contributed by atoms with Crippen molar-refractivity contribution in [3.63, 3.8) is 0 Å². The van der Waals surface area contributed by atoms with Crippen LogP contribution in [-0.4, -0.2) is 13.6 Å². The Labute approximate surface area is 72.8 Å². The maximum atomic E-state index is 5.25. The predicted molar refractivity (Wildman–Crippen MR) is 51.9 cm³/mol. The molecule has 62 valence electrons. The average Bonchev–Trinajstić information content (AvgIpc) is 2.15. The van der Waals surface area contributed by atoms with E-state index in [0.29, 0.717) is 6.54 Å². The normalized spacial score (nSPS) is 8.50. The molecule has 0 unspecified atom stereocenters. The van der Waals surface area contributed by atoms with E-state index in [4.69, 9.17) is 5.73 Å². The molecule has 0 aromatic heterocycles. The fourth-order valence-electron chi connectivity index (χ4n) is 0.873. The van der Waals surface area contributed by atoms with Crippen molar-refractivity contribution in [3.8, 4) is 11.8 Å². The van der Waals surface area contributed by atoms with Gasteiger partial charge in [0, 0.05) is 18.3 Å². The van der Waals surface area contributed by atoms with Gasteiger partial charge in [0.1, 0.15) is 0 Å². The van der Waals surface area contributed by atoms with E-state index in [0.717, 1.165) is 11.3 Å². The van der Waals surface area contributed by atoms with E-state index in [-0.39, 0.29) is 0 Å². The first-order valence-corrected chi connectivity index (χ1v) is 3.83. The Balaban J connectivity index is 2.78. The third-order valence-corrected chi connectivity index (χ3v) is 1.51. The maximum absolute atomic E-state index is 5.25. The van der Waals surface area contributed by atoms with Crippen LogP contribution in [0.3, 0.4) is 0 Å². The number of anilines is 1. The van der Waals surface area contributed by atoms with Crippen molar-refractivity contribution in [2.75, 3.05) is 18.9 Å². The van der Waals surface area contributed by atoms with Crippen molar-refractivity contribution in [1.82, 2.24) is 0 Å². The molecular weight excluding hydrogens is 148 g/mol. The van der Waals surface area contributed by atoms with Crippen LogP contribution in [0.2, 0.25) is 0 Å². The van der Waals surface area contributed by atoms with Crippen LogP contribution in [0.1, 0.15) is 5.56 Å². The van der Waals surface area contributed by atoms with Gasteiger partial charge in [0.15, 0.2) is 0 Å². The van der Waals surface area contributed by atoms with Crippen molar-refractivity contribution in [1.29, 1.82) is 0 Å². The fraction of sp³-hybridized carbons (Fsp3) is 0.200. The second-order valence-electron chi connectivity index (χ2n) is 2.33. The topological polar surface area (TPSA) is 38.0 Å². The fourth-order valence-corrected chi connectivity index (χ4v) is 0.873. The lowest BCUT2D eigenvalue weighted by Crippen LogP contribution is -1.93. The molecule has 0 radical (unpaired) electrons. The molecule has 2 nitrogen and oxygen atoms in total. The third kappa shape index (κ3) is 2.30. The largest absolute Gasteiger partial charge is 0.388 e. The highest BCUT2D eigenvalue weighted by molar-refractivity contribution is 5.47. The molecule has 0 fully saturated rings. The molecule has 12 heavy (non-hydrogen) atoms. The third-order valence-electron chi connectivity index (χ3n) is 1.51. The number of nitrogens with one attached hydrogen (secondary N) is 1. The summed E-state index contributed by atoms with van der Waals surface area (Å²) in [6.07, 6.45) is 0. The summed E-state index contributed by atoms with van der Waals surface area (Å²) in [5.41, 5.74) is 7.34. The number of hydrogen-bond acceptors (Lipinski definition) is 2. The summed E-state index contributed by atoms with van der Waals surface area (Å²) >= 11 is 0. The predicted octanol–water partition coefficient (Wildman–Crippen LogP) is 1.04. The molecule has 1 aromatic rings. The van der Waals surface area contributed by atoms with Gasteiger partial charge >= 0.3 is 0 Å². The minimum absolute atomic E-state index is 0.410. The van der Waals surface area contributed by atoms with Crippen molar-refractivity contribution in [2.24, 2.45) is 5.73 Å². The summed E-state index contributed by atoms with van der Waals surface area (Å²) in [5, 5.41) is 3.04. The van der Waals surface area contributed by atoms with Crippen molar-refractivity contribution >= 4 is 5.69 Å². The average molecular weight is 160 g/mol. The van der Waals surface area contributed by atoms with Gasteiger partial charge in [-0.25, -0.2) is 0 Å². The number of benzene rings is 1. The molecule has 0 bridgehead atoms. The Morgan fingerprint density at radius 2 is 2.00 bits per heavy atom. The highest BCUT2D eigenvalue weighted by atomic mass is 14.8. The van der Waals surface area contributed by atoms with Crippen LogP contribution < -0.4 is 11.1 Å². The minimum Gasteiger partial charge on any atom is -0.388 e. The molecule has 1 aromatic carbocycles. The minimum atomic E-state index is 0.410. The molecule has 0 amide bonds. The van der Waals surface area contributed by atoms with E-state index in [1.807, 2.05) is 31.3 Å². The molecule has 0 aliphatic rings. The monoisotopic (exact) mass is 160 g/mol. The van der Waals surface area contributed by atoms with Crippen molar-refractivity contribution in [3.05, 3.63) is 29.8 Å². The Hall–Kier alpha value is -1.46. The van der Waals surface area contributed by atoms with Crippen LogP contribution >= 0.6 is 0 Å². The van der Waals surface area contributed by atoms with Gasteiger partial charge in [-0.15, -0.1) is 0 Å². The maximum Gasteiger partial charge on any atom is 0.0555 e. The molecular formula is C10H12N2. The van der Waals surface area contributed by atoms with E-state index in [2.05, 4.69) is 17.2 Å². The SMILES string of the molecule is CNc1ccc(C#CCN)cc1. The zero-order chi connectivity index (χ0) is 8.81. The summed E-state index contributed by atoms with van der Waals surface area (Å²) in [6.45, 7) is 0.410. The summed E-state index contributed by atoms with van der Waals surface area (Å²) in [5.74, 6) is 5.75. The Bertz CT molecular complexity index is 290. The Morgan fingerprint density at radius 3 is 2.50 bits per heavy atom. The second kappa shape index (κ2) is 4.42. The smallest absolute Gasteiger partial charge is 0.0555 e. The second-order valence-corrected chi connectivity index (χ2v) is 2.33. The summed E-state index contributed by atoms with van der Waals surface area (Å²) in [4.78, 5) is 0. The molecule has 0 aliphatic carbocycles. The van der Waals surface area contributed by atoms with E-state index < -0.39 is 0 Å². The molecule has 0 spiro atoms. The zero-order valence-electron chi connectivity index (χ0n) is 7.09. The van der Waals surface area contributed by atoms with Gasteiger partial charge in [0.25, 0.3) is 0 Å². The Kier molecular flexibility index (Phi) is 3.18. The van der Waals surface area contributed by atoms with Gasteiger partial charge < -0.3 is 11.1 Å². The molecule has 0 aliphatic heterocycles. The van der Waals surface area contributed by atoms with Crippen LogP contribution in [-0.2, 0) is 0 Å². The van der Waals surface area contributed by atoms with Gasteiger partial charge in [0.05, 0.1) is 6.54 Å². The highest BCUT2D eigenvalue weighted by Gasteiger charge is 1.86. The van der Waals surface area contributed by atoms with Crippen molar-refractivity contribution in [2.45, 2.75) is 0 Å². The van der Waals surface area contributed by atoms with Gasteiger partial charge in [-0.2, -0.15) is 0 Å². The van der Waals surface area contributed by atoms with Crippen LogP contribution in [0, 0.1) is 11.8 Å². The lowest BCUT2D eigenvalue weighted by Gasteiger charge is -1.97. The molecule has 0 heterocycles. The first-order valence-electron chi connectivity index (χ1n) is 3.83. The molecule has 0 saturated heterocycles. The quantitative estimate of drug-likeness (QED) is 0.602. The molecule has 0 atom stereocenters. The summed E-state index contributed by atoms with van der Waals surface area (Å²) in [7, 11) is 1.89. The number of hydrogen-bond donors (Lipinski definition) is 2. The molecule has 2 heteroatoms. The van der Waals surface area contributed by atoms with Gasteiger partial charge in [0.2, 0.25) is 0 Å². The number of nitrogens with two attached hydrogens (primary N) is 1. The molecule has 1 rings (SSSR count). The highest BCUT2D eigenvalue weighted by Crippen LogP contribution is 2.06. The Morgan fingerprint density at radius 1 is 1.33 bits per heavy atom. The van der Waals surface area contributed by atoms with E-state index >= 15 is 0 Å². The lowest BCUT2D eigenvalue weighted by molar-refractivity contribution is 1.30. The van der Waals surface area contributed by atoms with Crippen LogP contribution in [0.4, 0.5) is 5.69 Å². The van der Waals surface area contributed by atoms with Crippen LogP contribution in [0.5, 0.6) is 0 Å². The van der Waals surface area contributed by atoms with Gasteiger partial charge in [-0.1, -0.05) is 11.8 Å². The van der Waals surface area contributed by atoms with E-state index in [1.165, 1.54) is 0 Å². The van der Waals surface area contributed by atoms with Crippen LogP contribution in [0.15, 0.2) is 24.3 Å². The first-order chi connectivity index (χ1) is 5.86. The standard InChI is InChI=1S/C10H12N2/c1-12-10-6-4-9(5-7-10)3-2-8-11/h4-7,12H,8,11H2,1H3. The summed E-state index contributed by atoms with van der Waals surface area (Å²) in [6, 6.07) is 7.91. The lowest BCUT2D eigenvalue weighted by atomic mass is 10.2. The molecule has 3 N–H and O–H groups in total. The first kappa shape index (κ1) is 8.63. The summed E-state index contributed by atoms with van der Waals surface area (Å²) < 4.78 is 0. The van der Waals surface area contributed by atoms with E-state index in [1.54, 1.807) is 0 Å². The van der Waals surface area contributed by atoms with Crippen molar-refractivity contribution < 1.29 is 0 Å². The van der Waals surface area contributed by atoms with E-state index in [9.17, 15) is 0 Å².